The average molecular weight is 197 g/mol. The summed E-state index contributed by atoms with van der Waals surface area (Å²) >= 11 is 0. The summed E-state index contributed by atoms with van der Waals surface area (Å²) in [6.45, 7) is 4.44. The van der Waals surface area contributed by atoms with Gasteiger partial charge in [0.2, 0.25) is 5.91 Å². The highest BCUT2D eigenvalue weighted by atomic mass is 16.1. The maximum Gasteiger partial charge on any atom is 0.223 e. The molecule has 0 aliphatic carbocycles. The van der Waals surface area contributed by atoms with E-state index in [2.05, 4.69) is 11.4 Å². The normalized spacial score (nSPS) is 14.6. The second-order valence-electron chi connectivity index (χ2n) is 3.51. The molecule has 4 nitrogen and oxygen atoms in total. The number of nitrogens with one attached hydrogen (secondary N) is 1. The van der Waals surface area contributed by atoms with Gasteiger partial charge in [0.05, 0.1) is 12.1 Å². The van der Waals surface area contributed by atoms with Crippen molar-refractivity contribution >= 4 is 5.91 Å². The fraction of sp³-hybridized carbons (Fsp3) is 0.800. The summed E-state index contributed by atoms with van der Waals surface area (Å²) < 4.78 is 0. The standard InChI is InChI=1S/C10H19N3O/c1-5-9(6-11)13(4)7-8(2)10(14)12-3/h8-9H,5,7H2,1-4H3,(H,12,14). The van der Waals surface area contributed by atoms with Crippen LogP contribution in [-0.2, 0) is 4.79 Å². The lowest BCUT2D eigenvalue weighted by atomic mass is 10.1. The zero-order chi connectivity index (χ0) is 11.1. The maximum absolute atomic E-state index is 11.2. The topological polar surface area (TPSA) is 56.1 Å². The van der Waals surface area contributed by atoms with Gasteiger partial charge in [0.25, 0.3) is 0 Å². The summed E-state index contributed by atoms with van der Waals surface area (Å²) in [6, 6.07) is 2.11. The first kappa shape index (κ1) is 12.9. The van der Waals surface area contributed by atoms with Crippen molar-refractivity contribution in [2.24, 2.45) is 5.92 Å². The van der Waals surface area contributed by atoms with Crippen LogP contribution in [0.1, 0.15) is 20.3 Å². The molecule has 1 N–H and O–H groups in total. The first-order valence-corrected chi connectivity index (χ1v) is 4.88. The lowest BCUT2D eigenvalue weighted by Crippen LogP contribution is -2.38. The molecule has 0 bridgehead atoms. The second kappa shape index (κ2) is 6.39. The van der Waals surface area contributed by atoms with Gasteiger partial charge >= 0.3 is 0 Å². The number of carbonyl (C=O) groups excluding carboxylic acids is 1. The molecule has 0 saturated heterocycles. The molecule has 80 valence electrons. The molecule has 0 saturated carbocycles. The van der Waals surface area contributed by atoms with E-state index in [1.54, 1.807) is 7.05 Å². The zero-order valence-corrected chi connectivity index (χ0v) is 9.37. The van der Waals surface area contributed by atoms with Gasteiger partial charge < -0.3 is 5.32 Å². The highest BCUT2D eigenvalue weighted by Crippen LogP contribution is 2.04. The Kier molecular flexibility index (Phi) is 5.89. The van der Waals surface area contributed by atoms with Crippen LogP contribution in [-0.4, -0.2) is 37.5 Å². The molecule has 2 atom stereocenters. The third-order valence-electron chi connectivity index (χ3n) is 2.32. The van der Waals surface area contributed by atoms with Crippen LogP contribution in [0.2, 0.25) is 0 Å². The van der Waals surface area contributed by atoms with E-state index in [0.717, 1.165) is 6.42 Å². The molecule has 0 aromatic heterocycles. The molecular weight excluding hydrogens is 178 g/mol. The number of hydrogen-bond acceptors (Lipinski definition) is 3. The quantitative estimate of drug-likeness (QED) is 0.702. The molecule has 1 amide bonds. The van der Waals surface area contributed by atoms with Crippen LogP contribution < -0.4 is 5.32 Å². The van der Waals surface area contributed by atoms with E-state index in [9.17, 15) is 4.79 Å². The van der Waals surface area contributed by atoms with Crippen LogP contribution in [0.25, 0.3) is 0 Å². The molecular formula is C10H19N3O. The summed E-state index contributed by atoms with van der Waals surface area (Å²) in [5, 5.41) is 11.4. The molecule has 0 aromatic rings. The minimum absolute atomic E-state index is 0.0182. The van der Waals surface area contributed by atoms with Crippen molar-refractivity contribution in [2.45, 2.75) is 26.3 Å². The van der Waals surface area contributed by atoms with Gasteiger partial charge in [-0.15, -0.1) is 0 Å². The monoisotopic (exact) mass is 197 g/mol. The molecule has 0 rings (SSSR count). The van der Waals surface area contributed by atoms with Crippen molar-refractivity contribution in [2.75, 3.05) is 20.6 Å². The van der Waals surface area contributed by atoms with Crippen LogP contribution in [0.15, 0.2) is 0 Å². The first-order chi connectivity index (χ1) is 6.56. The smallest absolute Gasteiger partial charge is 0.223 e. The second-order valence-corrected chi connectivity index (χ2v) is 3.51. The Hall–Kier alpha value is -1.08. The Balaban J connectivity index is 4.11. The fourth-order valence-corrected chi connectivity index (χ4v) is 1.39. The number of amides is 1. The zero-order valence-electron chi connectivity index (χ0n) is 9.37. The highest BCUT2D eigenvalue weighted by molar-refractivity contribution is 5.78. The van der Waals surface area contributed by atoms with Crippen molar-refractivity contribution in [1.29, 1.82) is 5.26 Å². The molecule has 0 fully saturated rings. The van der Waals surface area contributed by atoms with Crippen LogP contribution in [0.3, 0.4) is 0 Å². The number of hydrogen-bond donors (Lipinski definition) is 1. The van der Waals surface area contributed by atoms with Gasteiger partial charge in [-0.2, -0.15) is 5.26 Å². The molecule has 0 aliphatic heterocycles. The summed E-state index contributed by atoms with van der Waals surface area (Å²) in [4.78, 5) is 13.1. The van der Waals surface area contributed by atoms with Crippen LogP contribution in [0.4, 0.5) is 0 Å². The van der Waals surface area contributed by atoms with E-state index in [4.69, 9.17) is 5.26 Å². The number of rotatable bonds is 5. The molecule has 0 aromatic carbocycles. The van der Waals surface area contributed by atoms with Crippen molar-refractivity contribution in [3.63, 3.8) is 0 Å². The number of nitriles is 1. The van der Waals surface area contributed by atoms with Crippen LogP contribution in [0, 0.1) is 17.2 Å². The largest absolute Gasteiger partial charge is 0.359 e. The molecule has 0 aliphatic rings. The summed E-state index contributed by atoms with van der Waals surface area (Å²) in [6.07, 6.45) is 0.785. The van der Waals surface area contributed by atoms with E-state index >= 15 is 0 Å². The van der Waals surface area contributed by atoms with E-state index in [1.807, 2.05) is 25.8 Å². The van der Waals surface area contributed by atoms with Gasteiger partial charge in [-0.25, -0.2) is 0 Å². The highest BCUT2D eigenvalue weighted by Gasteiger charge is 2.18. The third-order valence-corrected chi connectivity index (χ3v) is 2.32. The van der Waals surface area contributed by atoms with Crippen molar-refractivity contribution in [3.8, 4) is 6.07 Å². The minimum Gasteiger partial charge on any atom is -0.359 e. The van der Waals surface area contributed by atoms with Gasteiger partial charge in [0.1, 0.15) is 0 Å². The molecule has 2 unspecified atom stereocenters. The minimum atomic E-state index is -0.0953. The molecule has 0 heterocycles. The van der Waals surface area contributed by atoms with Gasteiger partial charge in [-0.3, -0.25) is 9.69 Å². The Bertz CT molecular complexity index is 222. The first-order valence-electron chi connectivity index (χ1n) is 4.88. The lowest BCUT2D eigenvalue weighted by Gasteiger charge is -2.23. The van der Waals surface area contributed by atoms with E-state index in [-0.39, 0.29) is 17.9 Å². The summed E-state index contributed by atoms with van der Waals surface area (Å²) in [7, 11) is 3.50. The van der Waals surface area contributed by atoms with Gasteiger partial charge in [-0.05, 0) is 13.5 Å². The molecule has 4 heteroatoms. The molecule has 14 heavy (non-hydrogen) atoms. The van der Waals surface area contributed by atoms with E-state index < -0.39 is 0 Å². The Morgan fingerprint density at radius 1 is 1.64 bits per heavy atom. The average Bonchev–Trinajstić information content (AvgIpc) is 2.18. The van der Waals surface area contributed by atoms with Gasteiger partial charge in [0.15, 0.2) is 0 Å². The van der Waals surface area contributed by atoms with Crippen molar-refractivity contribution < 1.29 is 4.79 Å². The van der Waals surface area contributed by atoms with Crippen LogP contribution >= 0.6 is 0 Å². The van der Waals surface area contributed by atoms with Crippen molar-refractivity contribution in [3.05, 3.63) is 0 Å². The third kappa shape index (κ3) is 3.75. The molecule has 0 radical (unpaired) electrons. The maximum atomic E-state index is 11.2. The van der Waals surface area contributed by atoms with E-state index in [0.29, 0.717) is 6.54 Å². The predicted octanol–water partition coefficient (Wildman–Crippen LogP) is 0.602. The molecule has 0 spiro atoms. The summed E-state index contributed by atoms with van der Waals surface area (Å²) in [5.41, 5.74) is 0. The van der Waals surface area contributed by atoms with Gasteiger partial charge in [0, 0.05) is 19.5 Å². The van der Waals surface area contributed by atoms with Crippen molar-refractivity contribution in [1.82, 2.24) is 10.2 Å². The Morgan fingerprint density at radius 3 is 2.57 bits per heavy atom. The predicted molar refractivity (Wildman–Crippen MR) is 55.6 cm³/mol. The Morgan fingerprint density at radius 2 is 2.21 bits per heavy atom. The van der Waals surface area contributed by atoms with Gasteiger partial charge in [-0.1, -0.05) is 13.8 Å². The van der Waals surface area contributed by atoms with Crippen LogP contribution in [0.5, 0.6) is 0 Å². The number of nitrogens with zero attached hydrogens (tertiary/aromatic N) is 2. The lowest BCUT2D eigenvalue weighted by molar-refractivity contribution is -0.124. The van der Waals surface area contributed by atoms with E-state index in [1.165, 1.54) is 0 Å². The summed E-state index contributed by atoms with van der Waals surface area (Å²) in [5.74, 6) is -0.0583. The fourth-order valence-electron chi connectivity index (χ4n) is 1.39. The SMILES string of the molecule is CCC(C#N)N(C)CC(C)C(=O)NC. The number of carbonyl (C=O) groups is 1. The Labute approximate surface area is 85.9 Å².